The average Bonchev–Trinajstić information content (AvgIpc) is 2.82. The Labute approximate surface area is 111 Å². The third kappa shape index (κ3) is 3.10. The van der Waals surface area contributed by atoms with E-state index in [1.54, 1.807) is 24.5 Å². The van der Waals surface area contributed by atoms with Gasteiger partial charge in [-0.1, -0.05) is 0 Å². The van der Waals surface area contributed by atoms with Crippen LogP contribution in [0.25, 0.3) is 0 Å². The molecule has 2 heterocycles. The number of rotatable bonds is 3. The summed E-state index contributed by atoms with van der Waals surface area (Å²) in [6.45, 7) is 1.91. The van der Waals surface area contributed by atoms with E-state index in [1.807, 2.05) is 12.3 Å². The molecular weight excluding hydrogens is 302 g/mol. The lowest BCUT2D eigenvalue weighted by atomic mass is 10.2. The number of carbonyl (C=O) groups excluding carboxylic acids is 1. The zero-order chi connectivity index (χ0) is 12.3. The second-order valence-electron chi connectivity index (χ2n) is 3.43. The number of carbonyl (C=O) groups is 1. The molecule has 1 N–H and O–H groups in total. The van der Waals surface area contributed by atoms with E-state index in [2.05, 4.69) is 31.2 Å². The molecule has 1 unspecified atom stereocenters. The molecule has 0 aliphatic rings. The van der Waals surface area contributed by atoms with Gasteiger partial charge in [-0.15, -0.1) is 11.3 Å². The molecule has 0 spiro atoms. The summed E-state index contributed by atoms with van der Waals surface area (Å²) < 4.78 is 0.645. The van der Waals surface area contributed by atoms with E-state index in [9.17, 15) is 4.79 Å². The van der Waals surface area contributed by atoms with Crippen molar-refractivity contribution in [3.05, 3.63) is 45.1 Å². The van der Waals surface area contributed by atoms with Crippen molar-refractivity contribution in [2.24, 2.45) is 0 Å². The fraction of sp³-hybridized carbons (Fsp3) is 0.182. The minimum Gasteiger partial charge on any atom is -0.343 e. The van der Waals surface area contributed by atoms with E-state index in [-0.39, 0.29) is 11.9 Å². The third-order valence-electron chi connectivity index (χ3n) is 2.16. The van der Waals surface area contributed by atoms with E-state index >= 15 is 0 Å². The standard InChI is InChI=1S/C11H10BrN3OS/c1-7(11-14-4-5-17-11)15-10(16)8-2-3-13-9(12)6-8/h2-7H,1H3,(H,15,16). The van der Waals surface area contributed by atoms with Crippen molar-refractivity contribution in [2.45, 2.75) is 13.0 Å². The van der Waals surface area contributed by atoms with Crippen molar-refractivity contribution >= 4 is 33.2 Å². The smallest absolute Gasteiger partial charge is 0.251 e. The van der Waals surface area contributed by atoms with Gasteiger partial charge >= 0.3 is 0 Å². The molecule has 2 rings (SSSR count). The highest BCUT2D eigenvalue weighted by molar-refractivity contribution is 9.10. The number of aromatic nitrogens is 2. The van der Waals surface area contributed by atoms with Gasteiger partial charge in [-0.2, -0.15) is 0 Å². The Morgan fingerprint density at radius 1 is 1.47 bits per heavy atom. The Bertz CT molecular complexity index is 515. The van der Waals surface area contributed by atoms with E-state index in [1.165, 1.54) is 11.3 Å². The van der Waals surface area contributed by atoms with Crippen LogP contribution in [-0.4, -0.2) is 15.9 Å². The van der Waals surface area contributed by atoms with Gasteiger partial charge in [0.25, 0.3) is 5.91 Å². The third-order valence-corrected chi connectivity index (χ3v) is 3.55. The van der Waals surface area contributed by atoms with Crippen LogP contribution in [0.1, 0.15) is 28.3 Å². The summed E-state index contributed by atoms with van der Waals surface area (Å²) in [5.74, 6) is -0.129. The molecular formula is C11H10BrN3OS. The molecule has 0 saturated heterocycles. The molecule has 0 saturated carbocycles. The average molecular weight is 312 g/mol. The number of amides is 1. The Kier molecular flexibility index (Phi) is 3.86. The van der Waals surface area contributed by atoms with E-state index in [0.29, 0.717) is 10.2 Å². The summed E-state index contributed by atoms with van der Waals surface area (Å²) >= 11 is 4.76. The number of nitrogens with one attached hydrogen (secondary N) is 1. The van der Waals surface area contributed by atoms with Crippen molar-refractivity contribution < 1.29 is 4.79 Å². The number of halogens is 1. The maximum atomic E-state index is 11.9. The fourth-order valence-corrected chi connectivity index (χ4v) is 2.34. The molecule has 1 amide bonds. The Balaban J connectivity index is 2.07. The molecule has 2 aromatic heterocycles. The monoisotopic (exact) mass is 311 g/mol. The van der Waals surface area contributed by atoms with Gasteiger partial charge in [-0.25, -0.2) is 9.97 Å². The fourth-order valence-electron chi connectivity index (χ4n) is 1.33. The largest absolute Gasteiger partial charge is 0.343 e. The highest BCUT2D eigenvalue weighted by Gasteiger charge is 2.13. The van der Waals surface area contributed by atoms with Gasteiger partial charge in [0, 0.05) is 23.3 Å². The van der Waals surface area contributed by atoms with Crippen molar-refractivity contribution in [1.82, 2.24) is 15.3 Å². The van der Waals surface area contributed by atoms with E-state index in [4.69, 9.17) is 0 Å². The van der Waals surface area contributed by atoms with Crippen LogP contribution in [0, 0.1) is 0 Å². The molecule has 1 atom stereocenters. The van der Waals surface area contributed by atoms with Gasteiger partial charge in [0.2, 0.25) is 0 Å². The van der Waals surface area contributed by atoms with Crippen molar-refractivity contribution in [1.29, 1.82) is 0 Å². The molecule has 2 aromatic rings. The highest BCUT2D eigenvalue weighted by atomic mass is 79.9. The molecule has 6 heteroatoms. The first-order chi connectivity index (χ1) is 8.16. The lowest BCUT2D eigenvalue weighted by Crippen LogP contribution is -2.26. The molecule has 17 heavy (non-hydrogen) atoms. The van der Waals surface area contributed by atoms with Crippen molar-refractivity contribution in [2.75, 3.05) is 0 Å². The summed E-state index contributed by atoms with van der Waals surface area (Å²) in [4.78, 5) is 20.1. The second-order valence-corrected chi connectivity index (χ2v) is 5.17. The lowest BCUT2D eigenvalue weighted by molar-refractivity contribution is 0.0939. The number of nitrogens with zero attached hydrogens (tertiary/aromatic N) is 2. The second kappa shape index (κ2) is 5.37. The van der Waals surface area contributed by atoms with Crippen LogP contribution < -0.4 is 5.32 Å². The summed E-state index contributed by atoms with van der Waals surface area (Å²) in [5, 5.41) is 5.67. The topological polar surface area (TPSA) is 54.9 Å². The van der Waals surface area contributed by atoms with Crippen LogP contribution in [-0.2, 0) is 0 Å². The van der Waals surface area contributed by atoms with Gasteiger partial charge < -0.3 is 5.32 Å². The number of hydrogen-bond donors (Lipinski definition) is 1. The maximum Gasteiger partial charge on any atom is 0.251 e. The Morgan fingerprint density at radius 2 is 2.29 bits per heavy atom. The lowest BCUT2D eigenvalue weighted by Gasteiger charge is -2.11. The summed E-state index contributed by atoms with van der Waals surface area (Å²) in [7, 11) is 0. The molecule has 0 aliphatic carbocycles. The van der Waals surface area contributed by atoms with Gasteiger partial charge in [0.05, 0.1) is 6.04 Å². The van der Waals surface area contributed by atoms with Crippen LogP contribution in [0.4, 0.5) is 0 Å². The first-order valence-corrected chi connectivity index (χ1v) is 6.66. The van der Waals surface area contributed by atoms with Crippen molar-refractivity contribution in [3.63, 3.8) is 0 Å². The summed E-state index contributed by atoms with van der Waals surface area (Å²) in [6, 6.07) is 3.27. The quantitative estimate of drug-likeness (QED) is 0.887. The van der Waals surface area contributed by atoms with Gasteiger partial charge in [-0.05, 0) is 35.0 Å². The first kappa shape index (κ1) is 12.2. The number of thiazole rings is 1. The maximum absolute atomic E-state index is 11.9. The molecule has 88 valence electrons. The SMILES string of the molecule is CC(NC(=O)c1ccnc(Br)c1)c1nccs1. The van der Waals surface area contributed by atoms with Crippen molar-refractivity contribution in [3.8, 4) is 0 Å². The normalized spacial score (nSPS) is 12.1. The summed E-state index contributed by atoms with van der Waals surface area (Å²) in [6.07, 6.45) is 3.32. The predicted molar refractivity (Wildman–Crippen MR) is 69.9 cm³/mol. The van der Waals surface area contributed by atoms with E-state index < -0.39 is 0 Å². The van der Waals surface area contributed by atoms with Crippen LogP contribution in [0.15, 0.2) is 34.5 Å². The van der Waals surface area contributed by atoms with Crippen LogP contribution in [0.2, 0.25) is 0 Å². The minimum atomic E-state index is -0.129. The molecule has 0 bridgehead atoms. The van der Waals surface area contributed by atoms with Crippen LogP contribution >= 0.6 is 27.3 Å². The molecule has 0 fully saturated rings. The minimum absolute atomic E-state index is 0.0885. The van der Waals surface area contributed by atoms with Crippen LogP contribution in [0.3, 0.4) is 0 Å². The highest BCUT2D eigenvalue weighted by Crippen LogP contribution is 2.16. The molecule has 4 nitrogen and oxygen atoms in total. The van der Waals surface area contributed by atoms with E-state index in [0.717, 1.165) is 5.01 Å². The number of hydrogen-bond acceptors (Lipinski definition) is 4. The molecule has 0 aliphatic heterocycles. The zero-order valence-electron chi connectivity index (χ0n) is 9.05. The Morgan fingerprint density at radius 3 is 2.94 bits per heavy atom. The van der Waals surface area contributed by atoms with Gasteiger partial charge in [-0.3, -0.25) is 4.79 Å². The molecule has 0 aromatic carbocycles. The van der Waals surface area contributed by atoms with Gasteiger partial charge in [0.1, 0.15) is 9.61 Å². The van der Waals surface area contributed by atoms with Gasteiger partial charge in [0.15, 0.2) is 0 Å². The first-order valence-electron chi connectivity index (χ1n) is 4.98. The van der Waals surface area contributed by atoms with Crippen LogP contribution in [0.5, 0.6) is 0 Å². The zero-order valence-corrected chi connectivity index (χ0v) is 11.5. The molecule has 0 radical (unpaired) electrons. The Hall–Kier alpha value is -1.27. The summed E-state index contributed by atoms with van der Waals surface area (Å²) in [5.41, 5.74) is 0.579. The number of pyridine rings is 1. The predicted octanol–water partition coefficient (Wildman–Crippen LogP) is 2.79.